The summed E-state index contributed by atoms with van der Waals surface area (Å²) in [6, 6.07) is 0. The van der Waals surface area contributed by atoms with Crippen molar-refractivity contribution in [3.63, 3.8) is 0 Å². The number of thiazole rings is 1. The van der Waals surface area contributed by atoms with Crippen LogP contribution in [0.25, 0.3) is 0 Å². The summed E-state index contributed by atoms with van der Waals surface area (Å²) in [4.78, 5) is 16.7. The molecule has 0 N–H and O–H groups in total. The second kappa shape index (κ2) is 5.02. The second-order valence-electron chi connectivity index (χ2n) is 4.66. The van der Waals surface area contributed by atoms with Crippen LogP contribution in [0.3, 0.4) is 0 Å². The maximum absolute atomic E-state index is 4.52. The van der Waals surface area contributed by atoms with E-state index in [1.165, 1.54) is 22.7 Å². The van der Waals surface area contributed by atoms with Gasteiger partial charge in [-0.15, -0.1) is 11.3 Å². The van der Waals surface area contributed by atoms with Gasteiger partial charge < -0.3 is 4.90 Å². The molecule has 0 amide bonds. The van der Waals surface area contributed by atoms with E-state index in [9.17, 15) is 0 Å². The van der Waals surface area contributed by atoms with Crippen molar-refractivity contribution >= 4 is 17.2 Å². The van der Waals surface area contributed by atoms with Gasteiger partial charge in [0.2, 0.25) is 0 Å². The molecule has 18 heavy (non-hydrogen) atoms. The Morgan fingerprint density at radius 3 is 2.94 bits per heavy atom. The lowest BCUT2D eigenvalue weighted by molar-refractivity contribution is 0.505. The third-order valence-corrected chi connectivity index (χ3v) is 4.36. The molecule has 2 aromatic heterocycles. The molecule has 0 saturated carbocycles. The molecule has 1 aliphatic rings. The van der Waals surface area contributed by atoms with Gasteiger partial charge in [-0.2, -0.15) is 0 Å². The summed E-state index contributed by atoms with van der Waals surface area (Å²) in [5.41, 5.74) is 0. The molecule has 4 nitrogen and oxygen atoms in total. The van der Waals surface area contributed by atoms with E-state index in [4.69, 9.17) is 0 Å². The average molecular weight is 260 g/mol. The fourth-order valence-electron chi connectivity index (χ4n) is 2.40. The van der Waals surface area contributed by atoms with E-state index in [1.54, 1.807) is 12.4 Å². The van der Waals surface area contributed by atoms with Gasteiger partial charge in [0.1, 0.15) is 5.82 Å². The number of rotatable bonds is 2. The SMILES string of the molecule is Cc1cnc(C2CCCN(c3cnccn3)C2)s1. The lowest BCUT2D eigenvalue weighted by atomic mass is 9.99. The summed E-state index contributed by atoms with van der Waals surface area (Å²) in [5.74, 6) is 1.52. The van der Waals surface area contributed by atoms with Crippen LogP contribution < -0.4 is 4.90 Å². The van der Waals surface area contributed by atoms with Crippen LogP contribution in [0.1, 0.15) is 28.6 Å². The van der Waals surface area contributed by atoms with Crippen LogP contribution in [0, 0.1) is 6.92 Å². The zero-order valence-corrected chi connectivity index (χ0v) is 11.2. The summed E-state index contributed by atoms with van der Waals surface area (Å²) in [6.45, 7) is 4.19. The smallest absolute Gasteiger partial charge is 0.147 e. The topological polar surface area (TPSA) is 41.9 Å². The minimum absolute atomic E-state index is 0.541. The molecule has 1 atom stereocenters. The first-order valence-electron chi connectivity index (χ1n) is 6.26. The van der Waals surface area contributed by atoms with Gasteiger partial charge in [0.15, 0.2) is 0 Å². The zero-order chi connectivity index (χ0) is 12.4. The van der Waals surface area contributed by atoms with E-state index in [1.807, 2.05) is 23.7 Å². The molecule has 0 spiro atoms. The molecule has 2 aromatic rings. The van der Waals surface area contributed by atoms with Crippen molar-refractivity contribution in [1.29, 1.82) is 0 Å². The molecule has 0 radical (unpaired) electrons. The number of aryl methyl sites for hydroxylation is 1. The maximum atomic E-state index is 4.52. The number of nitrogens with zero attached hydrogens (tertiary/aromatic N) is 4. The van der Waals surface area contributed by atoms with Crippen molar-refractivity contribution in [1.82, 2.24) is 15.0 Å². The number of hydrogen-bond acceptors (Lipinski definition) is 5. The molecule has 1 unspecified atom stereocenters. The molecular formula is C13H16N4S. The molecule has 1 aliphatic heterocycles. The minimum atomic E-state index is 0.541. The van der Waals surface area contributed by atoms with Gasteiger partial charge in [-0.25, -0.2) is 9.97 Å². The highest BCUT2D eigenvalue weighted by Crippen LogP contribution is 2.31. The number of aromatic nitrogens is 3. The van der Waals surface area contributed by atoms with Gasteiger partial charge in [-0.3, -0.25) is 4.98 Å². The highest BCUT2D eigenvalue weighted by atomic mass is 32.1. The van der Waals surface area contributed by atoms with E-state index in [2.05, 4.69) is 26.8 Å². The van der Waals surface area contributed by atoms with Crippen LogP contribution in [0.4, 0.5) is 5.82 Å². The summed E-state index contributed by atoms with van der Waals surface area (Å²) in [5, 5.41) is 1.26. The van der Waals surface area contributed by atoms with Crippen molar-refractivity contribution < 1.29 is 0 Å². The third-order valence-electron chi connectivity index (χ3n) is 3.28. The molecule has 0 aliphatic carbocycles. The number of anilines is 1. The predicted molar refractivity (Wildman–Crippen MR) is 73.1 cm³/mol. The quantitative estimate of drug-likeness (QED) is 0.832. The van der Waals surface area contributed by atoms with Crippen LogP contribution in [0.15, 0.2) is 24.8 Å². The van der Waals surface area contributed by atoms with Crippen molar-refractivity contribution in [2.24, 2.45) is 0 Å². The van der Waals surface area contributed by atoms with Crippen molar-refractivity contribution in [3.8, 4) is 0 Å². The average Bonchev–Trinajstić information content (AvgIpc) is 2.87. The monoisotopic (exact) mass is 260 g/mol. The van der Waals surface area contributed by atoms with Crippen molar-refractivity contribution in [3.05, 3.63) is 34.7 Å². The lowest BCUT2D eigenvalue weighted by Crippen LogP contribution is -2.34. The summed E-state index contributed by atoms with van der Waals surface area (Å²) in [6.07, 6.45) is 9.71. The van der Waals surface area contributed by atoms with E-state index in [-0.39, 0.29) is 0 Å². The van der Waals surface area contributed by atoms with E-state index in [0.717, 1.165) is 18.9 Å². The normalized spacial score (nSPS) is 20.1. The summed E-state index contributed by atoms with van der Waals surface area (Å²) >= 11 is 1.82. The van der Waals surface area contributed by atoms with Crippen LogP contribution in [0.2, 0.25) is 0 Å². The first-order chi connectivity index (χ1) is 8.83. The molecule has 1 saturated heterocycles. The molecule has 0 bridgehead atoms. The molecule has 1 fully saturated rings. The Bertz CT molecular complexity index is 511. The Labute approximate surface area is 111 Å². The standard InChI is InChI=1S/C13H16N4S/c1-10-7-16-13(18-10)11-3-2-6-17(9-11)12-8-14-4-5-15-12/h4-5,7-8,11H,2-3,6,9H2,1H3. The third kappa shape index (κ3) is 2.36. The molecular weight excluding hydrogens is 244 g/mol. The van der Waals surface area contributed by atoms with Crippen molar-refractivity contribution in [2.45, 2.75) is 25.7 Å². The summed E-state index contributed by atoms with van der Waals surface area (Å²) < 4.78 is 0. The Morgan fingerprint density at radius 2 is 2.22 bits per heavy atom. The molecule has 5 heteroatoms. The van der Waals surface area contributed by atoms with Gasteiger partial charge in [0, 0.05) is 42.5 Å². The largest absolute Gasteiger partial charge is 0.355 e. The van der Waals surface area contributed by atoms with Gasteiger partial charge in [-0.1, -0.05) is 0 Å². The Kier molecular flexibility index (Phi) is 3.23. The highest BCUT2D eigenvalue weighted by molar-refractivity contribution is 7.11. The zero-order valence-electron chi connectivity index (χ0n) is 10.4. The Hall–Kier alpha value is -1.49. The second-order valence-corrected chi connectivity index (χ2v) is 5.92. The first-order valence-corrected chi connectivity index (χ1v) is 7.08. The molecule has 94 valence electrons. The van der Waals surface area contributed by atoms with E-state index >= 15 is 0 Å². The first kappa shape index (κ1) is 11.6. The molecule has 3 heterocycles. The van der Waals surface area contributed by atoms with Gasteiger partial charge >= 0.3 is 0 Å². The predicted octanol–water partition coefficient (Wildman–Crippen LogP) is 2.63. The number of piperidine rings is 1. The van der Waals surface area contributed by atoms with E-state index < -0.39 is 0 Å². The van der Waals surface area contributed by atoms with Gasteiger partial charge in [0.05, 0.1) is 11.2 Å². The van der Waals surface area contributed by atoms with Crippen LogP contribution in [-0.4, -0.2) is 28.0 Å². The fourth-order valence-corrected chi connectivity index (χ4v) is 3.30. The van der Waals surface area contributed by atoms with Gasteiger partial charge in [-0.05, 0) is 19.8 Å². The highest BCUT2D eigenvalue weighted by Gasteiger charge is 2.24. The lowest BCUT2D eigenvalue weighted by Gasteiger charge is -2.32. The van der Waals surface area contributed by atoms with Crippen LogP contribution in [0.5, 0.6) is 0 Å². The van der Waals surface area contributed by atoms with Crippen LogP contribution in [-0.2, 0) is 0 Å². The number of hydrogen-bond donors (Lipinski definition) is 0. The van der Waals surface area contributed by atoms with Gasteiger partial charge in [0.25, 0.3) is 0 Å². The Balaban J connectivity index is 1.76. The molecule has 3 rings (SSSR count). The summed E-state index contributed by atoms with van der Waals surface area (Å²) in [7, 11) is 0. The van der Waals surface area contributed by atoms with Crippen molar-refractivity contribution in [2.75, 3.05) is 18.0 Å². The van der Waals surface area contributed by atoms with Crippen LogP contribution >= 0.6 is 11.3 Å². The van der Waals surface area contributed by atoms with E-state index in [0.29, 0.717) is 5.92 Å². The fraction of sp³-hybridized carbons (Fsp3) is 0.462. The minimum Gasteiger partial charge on any atom is -0.355 e. The molecule has 0 aromatic carbocycles. The Morgan fingerprint density at radius 1 is 1.28 bits per heavy atom. The maximum Gasteiger partial charge on any atom is 0.147 e.